The number of nitriles is 1. The Labute approximate surface area is 116 Å². The van der Waals surface area contributed by atoms with Crippen LogP contribution in [-0.2, 0) is 16.1 Å². The van der Waals surface area contributed by atoms with Crippen LogP contribution >= 0.6 is 0 Å². The van der Waals surface area contributed by atoms with Crippen LogP contribution in [0.4, 0.5) is 0 Å². The first kappa shape index (κ1) is 13.8. The van der Waals surface area contributed by atoms with Crippen molar-refractivity contribution in [1.82, 2.24) is 4.57 Å². The summed E-state index contributed by atoms with van der Waals surface area (Å²) in [7, 11) is 0. The van der Waals surface area contributed by atoms with Gasteiger partial charge in [0.1, 0.15) is 11.8 Å². The predicted molar refractivity (Wildman–Crippen MR) is 73.3 cm³/mol. The molecule has 0 spiro atoms. The standard InChI is InChI=1S/C15H14N2O3/c1-2-20-15(19)7-8-17-13(9-16)11-5-3-4-6-12(11)14(17)10-18/h3-6,10H,2,7-8H2,1H3. The van der Waals surface area contributed by atoms with Crippen LogP contribution in [0.3, 0.4) is 0 Å². The predicted octanol–water partition coefficient (Wildman–Crippen LogP) is 2.28. The van der Waals surface area contributed by atoms with Gasteiger partial charge >= 0.3 is 5.97 Å². The maximum absolute atomic E-state index is 11.4. The Balaban J connectivity index is 2.44. The van der Waals surface area contributed by atoms with Gasteiger partial charge in [0.15, 0.2) is 6.29 Å². The van der Waals surface area contributed by atoms with Crippen LogP contribution in [-0.4, -0.2) is 23.4 Å². The van der Waals surface area contributed by atoms with Crippen molar-refractivity contribution < 1.29 is 14.3 Å². The zero-order chi connectivity index (χ0) is 14.5. The second-order valence-corrected chi connectivity index (χ2v) is 4.22. The molecule has 5 heteroatoms. The summed E-state index contributed by atoms with van der Waals surface area (Å²) >= 11 is 0. The van der Waals surface area contributed by atoms with E-state index >= 15 is 0 Å². The van der Waals surface area contributed by atoms with Gasteiger partial charge in [0.2, 0.25) is 0 Å². The van der Waals surface area contributed by atoms with Crippen molar-refractivity contribution in [3.63, 3.8) is 0 Å². The number of carbonyl (C=O) groups is 2. The number of aldehydes is 1. The fraction of sp³-hybridized carbons (Fsp3) is 0.267. The molecule has 0 aliphatic carbocycles. The molecule has 0 aliphatic heterocycles. The van der Waals surface area contributed by atoms with Gasteiger partial charge in [-0.1, -0.05) is 24.3 Å². The number of carbonyl (C=O) groups excluding carboxylic acids is 2. The fourth-order valence-electron chi connectivity index (χ4n) is 2.24. The number of hydrogen-bond donors (Lipinski definition) is 0. The quantitative estimate of drug-likeness (QED) is 0.617. The van der Waals surface area contributed by atoms with Gasteiger partial charge in [-0.3, -0.25) is 9.59 Å². The SMILES string of the molecule is CCOC(=O)CCn1c(C#N)c2ccccc2c1C=O. The summed E-state index contributed by atoms with van der Waals surface area (Å²) < 4.78 is 6.44. The minimum Gasteiger partial charge on any atom is -0.466 e. The zero-order valence-electron chi connectivity index (χ0n) is 11.1. The molecule has 0 radical (unpaired) electrons. The van der Waals surface area contributed by atoms with E-state index in [2.05, 4.69) is 6.07 Å². The van der Waals surface area contributed by atoms with E-state index in [4.69, 9.17) is 4.74 Å². The third-order valence-electron chi connectivity index (χ3n) is 3.08. The molecule has 0 unspecified atom stereocenters. The van der Waals surface area contributed by atoms with E-state index in [9.17, 15) is 14.9 Å². The molecular weight excluding hydrogens is 256 g/mol. The van der Waals surface area contributed by atoms with Crippen molar-refractivity contribution in [1.29, 1.82) is 5.26 Å². The molecule has 1 heterocycles. The average Bonchev–Trinajstić information content (AvgIpc) is 2.78. The Kier molecular flexibility index (Phi) is 4.16. The third-order valence-corrected chi connectivity index (χ3v) is 3.08. The third kappa shape index (κ3) is 2.41. The second-order valence-electron chi connectivity index (χ2n) is 4.22. The number of rotatable bonds is 5. The van der Waals surface area contributed by atoms with Gasteiger partial charge in [0, 0.05) is 17.3 Å². The lowest BCUT2D eigenvalue weighted by atomic mass is 10.1. The van der Waals surface area contributed by atoms with Gasteiger partial charge in [-0.25, -0.2) is 0 Å². The Morgan fingerprint density at radius 1 is 1.40 bits per heavy atom. The molecule has 0 fully saturated rings. The van der Waals surface area contributed by atoms with E-state index in [0.717, 1.165) is 10.8 Å². The topological polar surface area (TPSA) is 72.1 Å². The van der Waals surface area contributed by atoms with Gasteiger partial charge in [-0.15, -0.1) is 0 Å². The highest BCUT2D eigenvalue weighted by Crippen LogP contribution is 2.25. The summed E-state index contributed by atoms with van der Waals surface area (Å²) in [6.45, 7) is 2.31. The van der Waals surface area contributed by atoms with Gasteiger partial charge in [-0.05, 0) is 6.92 Å². The molecule has 0 amide bonds. The monoisotopic (exact) mass is 270 g/mol. The Bertz CT molecular complexity index is 695. The lowest BCUT2D eigenvalue weighted by molar-refractivity contribution is -0.143. The normalized spacial score (nSPS) is 10.2. The summed E-state index contributed by atoms with van der Waals surface area (Å²) in [4.78, 5) is 22.7. The molecule has 5 nitrogen and oxygen atoms in total. The van der Waals surface area contributed by atoms with Crippen LogP contribution in [0.5, 0.6) is 0 Å². The summed E-state index contributed by atoms with van der Waals surface area (Å²) in [5.41, 5.74) is 0.813. The van der Waals surface area contributed by atoms with E-state index in [1.54, 1.807) is 23.6 Å². The highest BCUT2D eigenvalue weighted by Gasteiger charge is 2.16. The van der Waals surface area contributed by atoms with Gasteiger partial charge in [0.25, 0.3) is 0 Å². The smallest absolute Gasteiger partial charge is 0.307 e. The van der Waals surface area contributed by atoms with Crippen LogP contribution in [0.15, 0.2) is 24.3 Å². The van der Waals surface area contributed by atoms with Crippen LogP contribution in [0.25, 0.3) is 10.8 Å². The molecule has 0 aliphatic rings. The van der Waals surface area contributed by atoms with E-state index in [1.807, 2.05) is 12.1 Å². The van der Waals surface area contributed by atoms with Crippen LogP contribution < -0.4 is 0 Å². The van der Waals surface area contributed by atoms with Gasteiger partial charge < -0.3 is 9.30 Å². The lowest BCUT2D eigenvalue weighted by Gasteiger charge is -2.06. The molecule has 1 aromatic carbocycles. The summed E-state index contributed by atoms with van der Waals surface area (Å²) in [5.74, 6) is -0.342. The molecule has 0 saturated carbocycles. The van der Waals surface area contributed by atoms with Crippen molar-refractivity contribution in [2.75, 3.05) is 6.61 Å². The van der Waals surface area contributed by atoms with E-state index in [0.29, 0.717) is 24.3 Å². The van der Waals surface area contributed by atoms with E-state index in [1.165, 1.54) is 0 Å². The fourth-order valence-corrected chi connectivity index (χ4v) is 2.24. The van der Waals surface area contributed by atoms with Crippen molar-refractivity contribution in [3.05, 3.63) is 35.7 Å². The molecule has 0 N–H and O–H groups in total. The molecule has 0 saturated heterocycles. The van der Waals surface area contributed by atoms with E-state index < -0.39 is 0 Å². The Morgan fingerprint density at radius 2 is 2.10 bits per heavy atom. The van der Waals surface area contributed by atoms with Gasteiger partial charge in [-0.2, -0.15) is 5.26 Å². The molecule has 0 atom stereocenters. The lowest BCUT2D eigenvalue weighted by Crippen LogP contribution is -2.11. The highest BCUT2D eigenvalue weighted by molar-refractivity contribution is 6.00. The second kappa shape index (κ2) is 6.02. The minimum absolute atomic E-state index is 0.129. The molecule has 2 aromatic rings. The maximum atomic E-state index is 11.4. The number of ether oxygens (including phenoxy) is 1. The summed E-state index contributed by atoms with van der Waals surface area (Å²) in [6.07, 6.45) is 0.846. The van der Waals surface area contributed by atoms with Crippen molar-refractivity contribution >= 4 is 23.0 Å². The largest absolute Gasteiger partial charge is 0.466 e. The number of fused-ring (bicyclic) bond motifs is 1. The number of benzene rings is 1. The molecule has 20 heavy (non-hydrogen) atoms. The van der Waals surface area contributed by atoms with Crippen molar-refractivity contribution in [2.45, 2.75) is 19.9 Å². The Morgan fingerprint density at radius 3 is 2.70 bits per heavy atom. The molecule has 0 bridgehead atoms. The summed E-state index contributed by atoms with van der Waals surface area (Å²) in [6, 6.07) is 9.31. The first-order valence-electron chi connectivity index (χ1n) is 6.35. The van der Waals surface area contributed by atoms with Gasteiger partial charge in [0.05, 0.1) is 18.7 Å². The van der Waals surface area contributed by atoms with E-state index in [-0.39, 0.29) is 18.9 Å². The molecule has 1 aromatic heterocycles. The number of hydrogen-bond acceptors (Lipinski definition) is 4. The number of aromatic nitrogens is 1. The summed E-state index contributed by atoms with van der Waals surface area (Å²) in [5, 5.41) is 10.7. The number of esters is 1. The van der Waals surface area contributed by atoms with Crippen LogP contribution in [0.1, 0.15) is 29.5 Å². The molecular formula is C15H14N2O3. The maximum Gasteiger partial charge on any atom is 0.307 e. The first-order valence-corrected chi connectivity index (χ1v) is 6.35. The average molecular weight is 270 g/mol. The minimum atomic E-state index is -0.342. The Hall–Kier alpha value is -2.61. The van der Waals surface area contributed by atoms with Crippen LogP contribution in [0, 0.1) is 11.3 Å². The highest BCUT2D eigenvalue weighted by atomic mass is 16.5. The van der Waals surface area contributed by atoms with Crippen LogP contribution in [0.2, 0.25) is 0 Å². The van der Waals surface area contributed by atoms with Crippen molar-refractivity contribution in [3.8, 4) is 6.07 Å². The molecule has 2 rings (SSSR count). The number of nitrogens with zero attached hydrogens (tertiary/aromatic N) is 2. The first-order chi connectivity index (χ1) is 9.72. The zero-order valence-corrected chi connectivity index (χ0v) is 11.1. The molecule has 102 valence electrons. The van der Waals surface area contributed by atoms with Crippen molar-refractivity contribution in [2.24, 2.45) is 0 Å².